The lowest BCUT2D eigenvalue weighted by Crippen LogP contribution is -1.93. The fourth-order valence-electron chi connectivity index (χ4n) is 0.392. The molecule has 0 spiro atoms. The van der Waals surface area contributed by atoms with Crippen LogP contribution in [0.5, 0.6) is 0 Å². The van der Waals surface area contributed by atoms with Gasteiger partial charge in [0, 0.05) is 6.42 Å². The summed E-state index contributed by atoms with van der Waals surface area (Å²) in [6.07, 6.45) is 3.72. The Morgan fingerprint density at radius 3 is 1.78 bits per heavy atom. The van der Waals surface area contributed by atoms with E-state index in [0.29, 0.717) is 13.2 Å². The summed E-state index contributed by atoms with van der Waals surface area (Å²) in [6.45, 7) is 8.12. The van der Waals surface area contributed by atoms with Gasteiger partial charge in [-0.2, -0.15) is 0 Å². The molecule has 0 aliphatic heterocycles. The second-order valence-corrected chi connectivity index (χ2v) is 1.43. The van der Waals surface area contributed by atoms with Gasteiger partial charge in [0.15, 0.2) is 0 Å². The van der Waals surface area contributed by atoms with Crippen LogP contribution in [0, 0.1) is 0 Å². The van der Waals surface area contributed by atoms with Gasteiger partial charge in [0.05, 0.1) is 25.7 Å². The van der Waals surface area contributed by atoms with E-state index < -0.39 is 0 Å². The zero-order chi connectivity index (χ0) is 6.95. The first kappa shape index (κ1) is 8.08. The van der Waals surface area contributed by atoms with Gasteiger partial charge >= 0.3 is 0 Å². The summed E-state index contributed by atoms with van der Waals surface area (Å²) in [5.74, 6) is 0. The lowest BCUT2D eigenvalue weighted by molar-refractivity contribution is 0.185. The molecule has 0 aromatic carbocycles. The zero-order valence-electron chi connectivity index (χ0n) is 5.51. The third-order valence-corrected chi connectivity index (χ3v) is 0.760. The normalized spacial score (nSPS) is 8.00. The number of hydrogen-bond donors (Lipinski definition) is 0. The van der Waals surface area contributed by atoms with Crippen molar-refractivity contribution in [2.75, 3.05) is 13.2 Å². The Kier molecular flexibility index (Phi) is 6.36. The summed E-state index contributed by atoms with van der Waals surface area (Å²) < 4.78 is 9.66. The third kappa shape index (κ3) is 7.08. The summed E-state index contributed by atoms with van der Waals surface area (Å²) in [4.78, 5) is 0. The highest BCUT2D eigenvalue weighted by Crippen LogP contribution is 1.84. The van der Waals surface area contributed by atoms with Crippen LogP contribution in [0.1, 0.15) is 6.42 Å². The van der Waals surface area contributed by atoms with E-state index in [4.69, 9.17) is 9.47 Å². The first-order chi connectivity index (χ1) is 4.41. The minimum atomic E-state index is 0.664. The molecular formula is C7H12O2. The Balaban J connectivity index is 2.74. The minimum absolute atomic E-state index is 0.664. The van der Waals surface area contributed by atoms with Gasteiger partial charge in [-0.15, -0.1) is 0 Å². The summed E-state index contributed by atoms with van der Waals surface area (Å²) in [5.41, 5.74) is 0. The molecule has 0 radical (unpaired) electrons. The molecule has 0 heterocycles. The van der Waals surface area contributed by atoms with Gasteiger partial charge in [-0.3, -0.25) is 0 Å². The van der Waals surface area contributed by atoms with Crippen molar-refractivity contribution in [1.29, 1.82) is 0 Å². The van der Waals surface area contributed by atoms with E-state index in [-0.39, 0.29) is 0 Å². The number of ether oxygens (including phenoxy) is 2. The molecule has 0 aliphatic rings. The molecule has 0 rings (SSSR count). The van der Waals surface area contributed by atoms with Gasteiger partial charge in [-0.25, -0.2) is 0 Å². The number of rotatable bonds is 6. The van der Waals surface area contributed by atoms with Crippen LogP contribution < -0.4 is 0 Å². The van der Waals surface area contributed by atoms with Crippen LogP contribution in [0.25, 0.3) is 0 Å². The van der Waals surface area contributed by atoms with Crippen molar-refractivity contribution in [3.8, 4) is 0 Å². The van der Waals surface area contributed by atoms with Gasteiger partial charge in [0.1, 0.15) is 0 Å². The van der Waals surface area contributed by atoms with E-state index in [1.807, 2.05) is 0 Å². The van der Waals surface area contributed by atoms with E-state index in [2.05, 4.69) is 13.2 Å². The average molecular weight is 128 g/mol. The molecule has 0 bridgehead atoms. The average Bonchev–Trinajstić information content (AvgIpc) is 1.89. The van der Waals surface area contributed by atoms with Crippen molar-refractivity contribution < 1.29 is 9.47 Å². The molecule has 0 fully saturated rings. The van der Waals surface area contributed by atoms with Crippen molar-refractivity contribution >= 4 is 0 Å². The van der Waals surface area contributed by atoms with Gasteiger partial charge in [-0.1, -0.05) is 13.2 Å². The molecule has 9 heavy (non-hydrogen) atoms. The molecule has 0 aliphatic carbocycles. The molecule has 0 aromatic heterocycles. The second kappa shape index (κ2) is 7.08. The maximum atomic E-state index is 4.83. The highest BCUT2D eigenvalue weighted by molar-refractivity contribution is 4.51. The van der Waals surface area contributed by atoms with E-state index in [9.17, 15) is 0 Å². The van der Waals surface area contributed by atoms with Crippen molar-refractivity contribution in [3.05, 3.63) is 25.7 Å². The fourth-order valence-corrected chi connectivity index (χ4v) is 0.392. The van der Waals surface area contributed by atoms with Crippen LogP contribution in [0.3, 0.4) is 0 Å². The Hall–Kier alpha value is -0.920. The SMILES string of the molecule is C=COCCCOC=C. The quantitative estimate of drug-likeness (QED) is 0.400. The molecule has 0 unspecified atom stereocenters. The Morgan fingerprint density at radius 2 is 1.44 bits per heavy atom. The predicted molar refractivity (Wildman–Crippen MR) is 36.9 cm³/mol. The Morgan fingerprint density at radius 1 is 1.00 bits per heavy atom. The van der Waals surface area contributed by atoms with Gasteiger partial charge < -0.3 is 9.47 Å². The fraction of sp³-hybridized carbons (Fsp3) is 0.429. The Bertz CT molecular complexity index is 69.0. The number of hydrogen-bond acceptors (Lipinski definition) is 2. The third-order valence-electron chi connectivity index (χ3n) is 0.760. The molecule has 0 saturated heterocycles. The lowest BCUT2D eigenvalue weighted by Gasteiger charge is -1.98. The summed E-state index contributed by atoms with van der Waals surface area (Å²) in [7, 11) is 0. The highest BCUT2D eigenvalue weighted by atomic mass is 16.5. The first-order valence-electron chi connectivity index (χ1n) is 2.87. The molecule has 0 saturated carbocycles. The van der Waals surface area contributed by atoms with Crippen molar-refractivity contribution in [3.63, 3.8) is 0 Å². The molecular weight excluding hydrogens is 116 g/mol. The van der Waals surface area contributed by atoms with Crippen LogP contribution in [0.2, 0.25) is 0 Å². The topological polar surface area (TPSA) is 18.5 Å². The largest absolute Gasteiger partial charge is 0.502 e. The standard InChI is InChI=1S/C7H12O2/c1-3-8-6-5-7-9-4-2/h3-4H,1-2,5-7H2. The first-order valence-corrected chi connectivity index (χ1v) is 2.87. The zero-order valence-corrected chi connectivity index (χ0v) is 5.51. The van der Waals surface area contributed by atoms with Crippen molar-refractivity contribution in [2.45, 2.75) is 6.42 Å². The van der Waals surface area contributed by atoms with Crippen molar-refractivity contribution in [1.82, 2.24) is 0 Å². The molecule has 0 amide bonds. The van der Waals surface area contributed by atoms with Crippen molar-refractivity contribution in [2.24, 2.45) is 0 Å². The predicted octanol–water partition coefficient (Wildman–Crippen LogP) is 1.70. The summed E-state index contributed by atoms with van der Waals surface area (Å²) >= 11 is 0. The molecule has 0 aromatic rings. The molecule has 0 N–H and O–H groups in total. The molecule has 0 atom stereocenters. The van der Waals surface area contributed by atoms with E-state index in [1.54, 1.807) is 0 Å². The molecule has 2 heteroatoms. The second-order valence-electron chi connectivity index (χ2n) is 1.43. The monoisotopic (exact) mass is 128 g/mol. The van der Waals surface area contributed by atoms with Crippen LogP contribution in [-0.2, 0) is 9.47 Å². The lowest BCUT2D eigenvalue weighted by atomic mass is 10.5. The minimum Gasteiger partial charge on any atom is -0.502 e. The Labute approximate surface area is 55.8 Å². The van der Waals surface area contributed by atoms with Gasteiger partial charge in [0.2, 0.25) is 0 Å². The van der Waals surface area contributed by atoms with Crippen LogP contribution in [-0.4, -0.2) is 13.2 Å². The molecule has 2 nitrogen and oxygen atoms in total. The summed E-state index contributed by atoms with van der Waals surface area (Å²) in [5, 5.41) is 0. The highest BCUT2D eigenvalue weighted by Gasteiger charge is 1.82. The van der Waals surface area contributed by atoms with Crippen LogP contribution in [0.15, 0.2) is 25.7 Å². The van der Waals surface area contributed by atoms with Gasteiger partial charge in [-0.05, 0) is 0 Å². The summed E-state index contributed by atoms with van der Waals surface area (Å²) in [6, 6.07) is 0. The van der Waals surface area contributed by atoms with Crippen LogP contribution >= 0.6 is 0 Å². The molecule has 52 valence electrons. The van der Waals surface area contributed by atoms with E-state index in [0.717, 1.165) is 6.42 Å². The maximum Gasteiger partial charge on any atom is 0.0905 e. The van der Waals surface area contributed by atoms with E-state index in [1.165, 1.54) is 12.5 Å². The maximum absolute atomic E-state index is 4.83. The van der Waals surface area contributed by atoms with Gasteiger partial charge in [0.25, 0.3) is 0 Å². The smallest absolute Gasteiger partial charge is 0.0905 e. The van der Waals surface area contributed by atoms with E-state index >= 15 is 0 Å². The van der Waals surface area contributed by atoms with Crippen LogP contribution in [0.4, 0.5) is 0 Å².